The summed E-state index contributed by atoms with van der Waals surface area (Å²) in [5.41, 5.74) is 0. The van der Waals surface area contributed by atoms with Crippen molar-refractivity contribution in [2.45, 2.75) is 83.2 Å². The number of unbranched alkanes of at least 4 members (excludes halogenated alkanes) is 4. The number of rotatable bonds is 5. The van der Waals surface area contributed by atoms with Crippen molar-refractivity contribution in [2.24, 2.45) is 5.92 Å². The quantitative estimate of drug-likeness (QED) is 0.561. The maximum absolute atomic E-state index is 3.76. The van der Waals surface area contributed by atoms with Gasteiger partial charge in [-0.2, -0.15) is 0 Å². The van der Waals surface area contributed by atoms with Crippen LogP contribution in [0.25, 0.3) is 0 Å². The lowest BCUT2D eigenvalue weighted by Gasteiger charge is -2.09. The van der Waals surface area contributed by atoms with E-state index in [-0.39, 0.29) is 0 Å². The minimum atomic E-state index is 0.702. The molecule has 1 saturated carbocycles. The Morgan fingerprint density at radius 3 is 2.88 bits per heavy atom. The Morgan fingerprint density at radius 1 is 1.12 bits per heavy atom. The first-order chi connectivity index (χ1) is 8.40. The minimum Gasteiger partial charge on any atom is -0.310 e. The Bertz CT molecular complexity index is 261. The van der Waals surface area contributed by atoms with Crippen molar-refractivity contribution >= 4 is 0 Å². The molecule has 0 unspecified atom stereocenters. The second kappa shape index (κ2) is 7.07. The van der Waals surface area contributed by atoms with Crippen LogP contribution in [0.3, 0.4) is 0 Å². The fourth-order valence-corrected chi connectivity index (χ4v) is 3.34. The zero-order chi connectivity index (χ0) is 11.9. The van der Waals surface area contributed by atoms with Crippen LogP contribution < -0.4 is 5.32 Å². The predicted octanol–water partition coefficient (Wildman–Crippen LogP) is 3.88. The molecule has 2 fully saturated rings. The number of nitrogens with one attached hydrogen (secondary N) is 1. The molecule has 0 aromatic heterocycles. The Kier molecular flexibility index (Phi) is 5.39. The SMILES string of the molecule is CCCCCCC#CC[C@H]1C[C@H]2CCC[C@H]2N1. The maximum atomic E-state index is 3.76. The topological polar surface area (TPSA) is 12.0 Å². The van der Waals surface area contributed by atoms with Gasteiger partial charge in [0.15, 0.2) is 0 Å². The Labute approximate surface area is 107 Å². The number of hydrogen-bond acceptors (Lipinski definition) is 1. The molecule has 0 bridgehead atoms. The molecule has 1 aliphatic heterocycles. The van der Waals surface area contributed by atoms with E-state index in [0.29, 0.717) is 6.04 Å². The molecule has 2 rings (SSSR count). The van der Waals surface area contributed by atoms with E-state index in [4.69, 9.17) is 0 Å². The van der Waals surface area contributed by atoms with E-state index in [2.05, 4.69) is 24.1 Å². The van der Waals surface area contributed by atoms with Crippen molar-refractivity contribution < 1.29 is 0 Å². The van der Waals surface area contributed by atoms with Crippen molar-refractivity contribution in [1.29, 1.82) is 0 Å². The van der Waals surface area contributed by atoms with Crippen LogP contribution in [-0.4, -0.2) is 12.1 Å². The lowest BCUT2D eigenvalue weighted by molar-refractivity contribution is 0.517. The molecule has 1 saturated heterocycles. The molecule has 17 heavy (non-hydrogen) atoms. The van der Waals surface area contributed by atoms with Gasteiger partial charge in [0.25, 0.3) is 0 Å². The largest absolute Gasteiger partial charge is 0.310 e. The van der Waals surface area contributed by atoms with Crippen LogP contribution in [0, 0.1) is 17.8 Å². The first-order valence-electron chi connectivity index (χ1n) is 7.62. The molecule has 3 atom stereocenters. The summed E-state index contributed by atoms with van der Waals surface area (Å²) >= 11 is 0. The average molecular weight is 233 g/mol. The van der Waals surface area contributed by atoms with Crippen LogP contribution >= 0.6 is 0 Å². The van der Waals surface area contributed by atoms with Crippen LogP contribution in [-0.2, 0) is 0 Å². The van der Waals surface area contributed by atoms with Gasteiger partial charge < -0.3 is 5.32 Å². The zero-order valence-corrected chi connectivity index (χ0v) is 11.3. The van der Waals surface area contributed by atoms with Gasteiger partial charge in [-0.05, 0) is 31.6 Å². The molecular formula is C16H27N. The third-order valence-electron chi connectivity index (χ3n) is 4.32. The molecule has 0 aromatic carbocycles. The summed E-state index contributed by atoms with van der Waals surface area (Å²) in [6.07, 6.45) is 13.2. The van der Waals surface area contributed by atoms with Crippen molar-refractivity contribution in [1.82, 2.24) is 5.32 Å². The third-order valence-corrected chi connectivity index (χ3v) is 4.32. The summed E-state index contributed by atoms with van der Waals surface area (Å²) in [6, 6.07) is 1.54. The van der Waals surface area contributed by atoms with E-state index in [1.807, 2.05) is 0 Å². The normalized spacial score (nSPS) is 31.0. The highest BCUT2D eigenvalue weighted by Crippen LogP contribution is 2.35. The molecule has 1 N–H and O–H groups in total. The van der Waals surface area contributed by atoms with Gasteiger partial charge in [-0.25, -0.2) is 0 Å². The van der Waals surface area contributed by atoms with Crippen molar-refractivity contribution in [3.8, 4) is 11.8 Å². The van der Waals surface area contributed by atoms with Gasteiger partial charge in [0, 0.05) is 24.9 Å². The van der Waals surface area contributed by atoms with Crippen LogP contribution in [0.15, 0.2) is 0 Å². The van der Waals surface area contributed by atoms with Crippen molar-refractivity contribution in [3.63, 3.8) is 0 Å². The fraction of sp³-hybridized carbons (Fsp3) is 0.875. The van der Waals surface area contributed by atoms with Gasteiger partial charge in [-0.1, -0.05) is 32.6 Å². The molecule has 0 amide bonds. The predicted molar refractivity (Wildman–Crippen MR) is 73.8 cm³/mol. The summed E-state index contributed by atoms with van der Waals surface area (Å²) < 4.78 is 0. The molecule has 96 valence electrons. The Hall–Kier alpha value is -0.480. The molecule has 1 heterocycles. The molecule has 1 heteroatoms. The monoisotopic (exact) mass is 233 g/mol. The summed E-state index contributed by atoms with van der Waals surface area (Å²) in [5.74, 6) is 7.71. The Balaban J connectivity index is 1.55. The van der Waals surface area contributed by atoms with E-state index in [1.165, 1.54) is 51.4 Å². The van der Waals surface area contributed by atoms with Crippen molar-refractivity contribution in [2.75, 3.05) is 0 Å². The van der Waals surface area contributed by atoms with Crippen LogP contribution in [0.4, 0.5) is 0 Å². The second-order valence-electron chi connectivity index (χ2n) is 5.77. The van der Waals surface area contributed by atoms with E-state index in [9.17, 15) is 0 Å². The highest BCUT2D eigenvalue weighted by molar-refractivity contribution is 5.05. The van der Waals surface area contributed by atoms with E-state index in [0.717, 1.165) is 24.8 Å². The molecule has 0 aromatic rings. The van der Waals surface area contributed by atoms with Crippen LogP contribution in [0.1, 0.15) is 71.1 Å². The van der Waals surface area contributed by atoms with Gasteiger partial charge in [0.05, 0.1) is 0 Å². The fourth-order valence-electron chi connectivity index (χ4n) is 3.34. The standard InChI is InChI=1S/C16H27N/c1-2-3-4-5-6-7-8-11-15-13-14-10-9-12-16(14)17-15/h14-17H,2-6,9-13H2,1H3/t14-,15+,16-/m1/s1. The van der Waals surface area contributed by atoms with Crippen molar-refractivity contribution in [3.05, 3.63) is 0 Å². The van der Waals surface area contributed by atoms with E-state index in [1.54, 1.807) is 0 Å². The Morgan fingerprint density at radius 2 is 2.06 bits per heavy atom. The first kappa shape index (κ1) is 13.0. The zero-order valence-electron chi connectivity index (χ0n) is 11.3. The van der Waals surface area contributed by atoms with Gasteiger partial charge in [-0.15, -0.1) is 11.8 Å². The summed E-state index contributed by atoms with van der Waals surface area (Å²) in [6.45, 7) is 2.26. The van der Waals surface area contributed by atoms with Gasteiger partial charge in [0.1, 0.15) is 0 Å². The lowest BCUT2D eigenvalue weighted by Crippen LogP contribution is -2.28. The molecule has 1 nitrogen and oxygen atoms in total. The first-order valence-corrected chi connectivity index (χ1v) is 7.62. The molecule has 2 aliphatic rings. The van der Waals surface area contributed by atoms with Crippen LogP contribution in [0.5, 0.6) is 0 Å². The highest BCUT2D eigenvalue weighted by atomic mass is 15.0. The molecular weight excluding hydrogens is 206 g/mol. The molecule has 0 spiro atoms. The smallest absolute Gasteiger partial charge is 0.0243 e. The number of hydrogen-bond donors (Lipinski definition) is 1. The second-order valence-corrected chi connectivity index (χ2v) is 5.77. The average Bonchev–Trinajstić information content (AvgIpc) is 2.88. The van der Waals surface area contributed by atoms with Gasteiger partial charge in [0.2, 0.25) is 0 Å². The third kappa shape index (κ3) is 4.03. The number of fused-ring (bicyclic) bond motifs is 1. The lowest BCUT2D eigenvalue weighted by atomic mass is 10.0. The molecule has 1 aliphatic carbocycles. The van der Waals surface area contributed by atoms with Crippen LogP contribution in [0.2, 0.25) is 0 Å². The minimum absolute atomic E-state index is 0.702. The maximum Gasteiger partial charge on any atom is 0.0243 e. The summed E-state index contributed by atoms with van der Waals surface area (Å²) in [7, 11) is 0. The highest BCUT2D eigenvalue weighted by Gasteiger charge is 2.35. The van der Waals surface area contributed by atoms with E-state index >= 15 is 0 Å². The summed E-state index contributed by atoms with van der Waals surface area (Å²) in [4.78, 5) is 0. The van der Waals surface area contributed by atoms with E-state index < -0.39 is 0 Å². The van der Waals surface area contributed by atoms with Gasteiger partial charge >= 0.3 is 0 Å². The molecule has 0 radical (unpaired) electrons. The summed E-state index contributed by atoms with van der Waals surface area (Å²) in [5, 5.41) is 3.76. The van der Waals surface area contributed by atoms with Gasteiger partial charge in [-0.3, -0.25) is 0 Å².